The van der Waals surface area contributed by atoms with E-state index in [0.717, 1.165) is 4.57 Å². The first-order chi connectivity index (χ1) is 20.3. The van der Waals surface area contributed by atoms with E-state index < -0.39 is 36.4 Å². The van der Waals surface area contributed by atoms with Crippen molar-refractivity contribution in [1.29, 1.82) is 0 Å². The van der Waals surface area contributed by atoms with E-state index in [4.69, 9.17) is 15.0 Å². The summed E-state index contributed by atoms with van der Waals surface area (Å²) < 4.78 is 67.0. The summed E-state index contributed by atoms with van der Waals surface area (Å²) in [4.78, 5) is 22.8. The van der Waals surface area contributed by atoms with Crippen molar-refractivity contribution >= 4 is 28.7 Å². The monoisotopic (exact) mass is 608 g/mol. The molecule has 234 valence electrons. The number of benzene rings is 1. The molecule has 1 aromatic carbocycles. The lowest BCUT2D eigenvalue weighted by atomic mass is 10.0. The Morgan fingerprint density at radius 3 is 2.79 bits per heavy atom. The molecule has 1 aliphatic heterocycles. The van der Waals surface area contributed by atoms with Crippen LogP contribution in [0.4, 0.5) is 23.2 Å². The summed E-state index contributed by atoms with van der Waals surface area (Å²) in [5, 5.41) is 10.0. The topological polar surface area (TPSA) is 136 Å². The summed E-state index contributed by atoms with van der Waals surface area (Å²) in [6, 6.07) is 5.90. The van der Waals surface area contributed by atoms with Crippen LogP contribution in [0.15, 0.2) is 45.6 Å². The quantitative estimate of drug-likeness (QED) is 0.171. The third-order valence-electron chi connectivity index (χ3n) is 6.90. The Hall–Kier alpha value is -3.98. The summed E-state index contributed by atoms with van der Waals surface area (Å²) in [5.41, 5.74) is 6.02. The zero-order valence-electron chi connectivity index (χ0n) is 24.4. The highest BCUT2D eigenvalue weighted by Crippen LogP contribution is 2.35. The van der Waals surface area contributed by atoms with Crippen molar-refractivity contribution < 1.29 is 31.6 Å². The van der Waals surface area contributed by atoms with E-state index in [0.29, 0.717) is 30.6 Å². The van der Waals surface area contributed by atoms with Crippen molar-refractivity contribution in [2.24, 2.45) is 10.7 Å². The number of carbonyl (C=O) groups is 1. The smallest absolute Gasteiger partial charge is 0.394 e. The van der Waals surface area contributed by atoms with Crippen LogP contribution in [0.3, 0.4) is 0 Å². The van der Waals surface area contributed by atoms with Crippen molar-refractivity contribution in [3.63, 3.8) is 0 Å². The summed E-state index contributed by atoms with van der Waals surface area (Å²) in [5.74, 6) is -0.771. The van der Waals surface area contributed by atoms with E-state index in [-0.39, 0.29) is 41.7 Å². The van der Waals surface area contributed by atoms with Crippen molar-refractivity contribution in [3.8, 4) is 11.5 Å². The molecule has 0 spiro atoms. The minimum atomic E-state index is -4.55. The number of aliphatic imine (C=N–C) groups is 1. The Balaban J connectivity index is 1.54. The Labute approximate surface area is 246 Å². The van der Waals surface area contributed by atoms with E-state index in [1.165, 1.54) is 18.4 Å². The van der Waals surface area contributed by atoms with E-state index in [9.17, 15) is 22.4 Å². The second kappa shape index (κ2) is 13.1. The Bertz CT molecular complexity index is 1480. The molecule has 1 fully saturated rings. The largest absolute Gasteiger partial charge is 0.406 e. The fraction of sp³-hybridized carbons (Fsp3) is 0.500. The molecule has 4 N–H and O–H groups in total. The molecular weight excluding hydrogens is 572 g/mol. The van der Waals surface area contributed by atoms with Gasteiger partial charge in [-0.1, -0.05) is 11.2 Å². The predicted molar refractivity (Wildman–Crippen MR) is 154 cm³/mol. The zero-order chi connectivity index (χ0) is 31.4. The lowest BCUT2D eigenvalue weighted by Gasteiger charge is -2.33. The van der Waals surface area contributed by atoms with Crippen LogP contribution in [-0.2, 0) is 22.6 Å². The summed E-state index contributed by atoms with van der Waals surface area (Å²) in [6.07, 6.45) is -2.40. The number of nitrogens with one attached hydrogen (secondary N) is 2. The van der Waals surface area contributed by atoms with Crippen molar-refractivity contribution in [2.45, 2.75) is 57.3 Å². The van der Waals surface area contributed by atoms with Gasteiger partial charge in [-0.15, -0.1) is 0 Å². The van der Waals surface area contributed by atoms with E-state index >= 15 is 0 Å². The van der Waals surface area contributed by atoms with Gasteiger partial charge in [0.2, 0.25) is 11.7 Å². The number of methoxy groups -OCH3 is 1. The Kier molecular flexibility index (Phi) is 9.75. The molecule has 43 heavy (non-hydrogen) atoms. The molecule has 2 atom stereocenters. The maximum atomic E-state index is 14.7. The molecule has 0 saturated carbocycles. The van der Waals surface area contributed by atoms with E-state index in [2.05, 4.69) is 25.8 Å². The molecule has 0 unspecified atom stereocenters. The number of rotatable bonds is 11. The molecule has 0 aliphatic carbocycles. The van der Waals surface area contributed by atoms with Crippen LogP contribution in [-0.4, -0.2) is 89.5 Å². The summed E-state index contributed by atoms with van der Waals surface area (Å²) in [7, 11) is 3.39. The maximum Gasteiger partial charge on any atom is 0.406 e. The van der Waals surface area contributed by atoms with Gasteiger partial charge in [0.1, 0.15) is 12.7 Å². The van der Waals surface area contributed by atoms with Crippen molar-refractivity contribution in [2.75, 3.05) is 39.2 Å². The van der Waals surface area contributed by atoms with Gasteiger partial charge < -0.3 is 35.1 Å². The third kappa shape index (κ3) is 8.32. The van der Waals surface area contributed by atoms with Crippen LogP contribution < -0.4 is 16.4 Å². The minimum absolute atomic E-state index is 0.0418. The van der Waals surface area contributed by atoms with Crippen LogP contribution in [0.5, 0.6) is 0 Å². The van der Waals surface area contributed by atoms with Crippen LogP contribution in [0.2, 0.25) is 0 Å². The first-order valence-corrected chi connectivity index (χ1v) is 13.7. The number of ether oxygens (including phenoxy) is 1. The molecular formula is C28H36F4N8O3. The molecule has 1 aliphatic rings. The molecule has 0 bridgehead atoms. The van der Waals surface area contributed by atoms with Crippen LogP contribution >= 0.6 is 0 Å². The number of halogens is 4. The molecule has 11 nitrogen and oxygen atoms in total. The van der Waals surface area contributed by atoms with Crippen molar-refractivity contribution in [1.82, 2.24) is 24.9 Å². The van der Waals surface area contributed by atoms with Gasteiger partial charge in [0.15, 0.2) is 0 Å². The van der Waals surface area contributed by atoms with Crippen LogP contribution in [0.1, 0.15) is 26.2 Å². The maximum absolute atomic E-state index is 14.7. The van der Waals surface area contributed by atoms with Gasteiger partial charge >= 0.3 is 6.18 Å². The number of piperidine rings is 1. The average Bonchev–Trinajstić information content (AvgIpc) is 3.53. The standard InChI is InChI=1S/C28H36F4N8O3/c1-27(2,16-42-4)35-10-8-19(33)26(41)34-13-24-37-25(38-43-24)23-12-17-20(36-21-9-11-39(3)14-18(21)29)6-5-7-22(17)40(23)15-28(30,31)32/h5-8,10,12,18,21,36H,9,11,13-16,33H2,1-4H3,(H,34,41)/b19-8-,35-10?/t18-,21+/m0/s1. The number of amides is 1. The van der Waals surface area contributed by atoms with Crippen molar-refractivity contribution in [3.05, 3.63) is 41.9 Å². The number of allylic oxidation sites excluding steroid dienone is 1. The molecule has 15 heteroatoms. The number of carbonyl (C=O) groups excluding carboxylic acids is 1. The highest BCUT2D eigenvalue weighted by Gasteiger charge is 2.32. The van der Waals surface area contributed by atoms with Gasteiger partial charge in [0.25, 0.3) is 5.91 Å². The van der Waals surface area contributed by atoms with Gasteiger partial charge in [0.05, 0.1) is 41.6 Å². The SMILES string of the molecule is COCC(C)(C)N=C/C=C(\N)C(=O)NCc1nc(-c2cc3c(N[C@@H]4CCN(C)C[C@@H]4F)cccc3n2CC(F)(F)F)no1. The first kappa shape index (κ1) is 31.9. The number of nitrogens with zero attached hydrogens (tertiary/aromatic N) is 5. The fourth-order valence-electron chi connectivity index (χ4n) is 4.84. The van der Waals surface area contributed by atoms with Gasteiger partial charge in [-0.3, -0.25) is 9.79 Å². The first-order valence-electron chi connectivity index (χ1n) is 13.7. The number of likely N-dealkylation sites (tertiary alicyclic amines) is 1. The van der Waals surface area contributed by atoms with E-state index in [1.54, 1.807) is 25.3 Å². The number of alkyl halides is 4. The highest BCUT2D eigenvalue weighted by molar-refractivity contribution is 5.97. The second-order valence-corrected chi connectivity index (χ2v) is 11.1. The zero-order valence-corrected chi connectivity index (χ0v) is 24.4. The number of fused-ring (bicyclic) bond motifs is 1. The van der Waals surface area contributed by atoms with Gasteiger partial charge in [-0.05, 0) is 51.6 Å². The number of anilines is 1. The summed E-state index contributed by atoms with van der Waals surface area (Å²) in [6.45, 7) is 3.51. The fourth-order valence-corrected chi connectivity index (χ4v) is 4.84. The van der Waals surface area contributed by atoms with Gasteiger partial charge in [-0.2, -0.15) is 18.2 Å². The molecule has 0 radical (unpaired) electrons. The average molecular weight is 609 g/mol. The number of nitrogens with two attached hydrogens (primary N) is 1. The Morgan fingerprint density at radius 2 is 2.09 bits per heavy atom. The van der Waals surface area contributed by atoms with Gasteiger partial charge in [-0.25, -0.2) is 4.39 Å². The third-order valence-corrected chi connectivity index (χ3v) is 6.90. The van der Waals surface area contributed by atoms with Gasteiger partial charge in [0, 0.05) is 37.5 Å². The number of hydrogen-bond donors (Lipinski definition) is 3. The lowest BCUT2D eigenvalue weighted by molar-refractivity contribution is -0.139. The normalized spacial score (nSPS) is 18.9. The molecule has 1 amide bonds. The number of aromatic nitrogens is 3. The van der Waals surface area contributed by atoms with E-state index in [1.807, 2.05) is 25.8 Å². The Morgan fingerprint density at radius 1 is 1.33 bits per heavy atom. The van der Waals surface area contributed by atoms with Crippen LogP contribution in [0.25, 0.3) is 22.4 Å². The molecule has 3 aromatic rings. The number of hydrogen-bond acceptors (Lipinski definition) is 9. The van der Waals surface area contributed by atoms with Crippen LogP contribution in [0, 0.1) is 0 Å². The second-order valence-electron chi connectivity index (χ2n) is 11.1. The lowest BCUT2D eigenvalue weighted by Crippen LogP contribution is -2.46. The highest BCUT2D eigenvalue weighted by atomic mass is 19.4. The minimum Gasteiger partial charge on any atom is -0.394 e. The summed E-state index contributed by atoms with van der Waals surface area (Å²) >= 11 is 0. The molecule has 4 rings (SSSR count). The molecule has 2 aromatic heterocycles. The molecule has 3 heterocycles. The molecule has 1 saturated heterocycles. The predicted octanol–water partition coefficient (Wildman–Crippen LogP) is 3.66.